The lowest BCUT2D eigenvalue weighted by Gasteiger charge is -2.07. The highest BCUT2D eigenvalue weighted by atomic mass is 32.1. The van der Waals surface area contributed by atoms with Crippen LogP contribution in [0.5, 0.6) is 0 Å². The number of rotatable bonds is 6. The molecular formula is C10H16N2OS. The van der Waals surface area contributed by atoms with Crippen molar-refractivity contribution in [3.63, 3.8) is 0 Å². The lowest BCUT2D eigenvalue weighted by molar-refractivity contribution is 0.171. The van der Waals surface area contributed by atoms with Crippen LogP contribution in [0.4, 0.5) is 0 Å². The van der Waals surface area contributed by atoms with Gasteiger partial charge in [0.2, 0.25) is 0 Å². The molecule has 78 valence electrons. The molecule has 0 aliphatic carbocycles. The fourth-order valence-corrected chi connectivity index (χ4v) is 2.00. The molecule has 0 radical (unpaired) electrons. The van der Waals surface area contributed by atoms with Crippen LogP contribution < -0.4 is 0 Å². The molecule has 0 spiro atoms. The van der Waals surface area contributed by atoms with E-state index in [0.717, 1.165) is 29.8 Å². The van der Waals surface area contributed by atoms with Gasteiger partial charge in [0.1, 0.15) is 0 Å². The van der Waals surface area contributed by atoms with E-state index in [1.807, 2.05) is 6.08 Å². The predicted molar refractivity (Wildman–Crippen MR) is 58.3 cm³/mol. The molecule has 0 amide bonds. The van der Waals surface area contributed by atoms with Crippen molar-refractivity contribution in [3.05, 3.63) is 23.2 Å². The molecule has 0 saturated heterocycles. The number of aryl methyl sites for hydroxylation is 1. The van der Waals surface area contributed by atoms with E-state index >= 15 is 0 Å². The summed E-state index contributed by atoms with van der Waals surface area (Å²) >= 11 is 1.30. The van der Waals surface area contributed by atoms with E-state index in [9.17, 15) is 5.11 Å². The maximum atomic E-state index is 9.83. The van der Waals surface area contributed by atoms with Crippen molar-refractivity contribution in [1.82, 2.24) is 9.59 Å². The van der Waals surface area contributed by atoms with Crippen molar-refractivity contribution in [2.24, 2.45) is 0 Å². The summed E-state index contributed by atoms with van der Waals surface area (Å²) in [4.78, 5) is 0.925. The molecule has 14 heavy (non-hydrogen) atoms. The minimum absolute atomic E-state index is 0.422. The van der Waals surface area contributed by atoms with Crippen LogP contribution in [0.15, 0.2) is 12.7 Å². The number of hydrogen-bond acceptors (Lipinski definition) is 4. The zero-order valence-electron chi connectivity index (χ0n) is 8.44. The zero-order valence-corrected chi connectivity index (χ0v) is 9.26. The van der Waals surface area contributed by atoms with Gasteiger partial charge in [0, 0.05) is 0 Å². The molecule has 1 rings (SSSR count). The number of aliphatic hydroxyl groups excluding tert-OH is 1. The lowest BCUT2D eigenvalue weighted by Crippen LogP contribution is -1.99. The van der Waals surface area contributed by atoms with E-state index in [4.69, 9.17) is 0 Å². The van der Waals surface area contributed by atoms with Crippen LogP contribution in [-0.4, -0.2) is 14.7 Å². The van der Waals surface area contributed by atoms with Crippen LogP contribution in [0.3, 0.4) is 0 Å². The monoisotopic (exact) mass is 212 g/mol. The second-order valence-electron chi connectivity index (χ2n) is 3.22. The van der Waals surface area contributed by atoms with Crippen LogP contribution in [0.1, 0.15) is 42.9 Å². The first-order valence-corrected chi connectivity index (χ1v) is 5.67. The van der Waals surface area contributed by atoms with Gasteiger partial charge in [0.15, 0.2) is 0 Å². The summed E-state index contributed by atoms with van der Waals surface area (Å²) in [5.74, 6) is 0. The van der Waals surface area contributed by atoms with E-state index in [2.05, 4.69) is 23.1 Å². The summed E-state index contributed by atoms with van der Waals surface area (Å²) in [6, 6.07) is 0. The Balaban J connectivity index is 2.62. The van der Waals surface area contributed by atoms with Crippen molar-refractivity contribution in [1.29, 1.82) is 0 Å². The van der Waals surface area contributed by atoms with E-state index in [-0.39, 0.29) is 0 Å². The minimum atomic E-state index is -0.422. The quantitative estimate of drug-likeness (QED) is 0.737. The molecule has 1 N–H and O–H groups in total. The molecule has 0 fully saturated rings. The first-order valence-electron chi connectivity index (χ1n) is 4.89. The van der Waals surface area contributed by atoms with Crippen molar-refractivity contribution < 1.29 is 5.11 Å². The maximum absolute atomic E-state index is 9.83. The van der Waals surface area contributed by atoms with E-state index in [1.54, 1.807) is 0 Å². The van der Waals surface area contributed by atoms with Crippen molar-refractivity contribution >= 4 is 11.5 Å². The topological polar surface area (TPSA) is 46.0 Å². The van der Waals surface area contributed by atoms with Gasteiger partial charge in [-0.25, -0.2) is 0 Å². The van der Waals surface area contributed by atoms with Gasteiger partial charge < -0.3 is 5.11 Å². The highest BCUT2D eigenvalue weighted by Crippen LogP contribution is 2.25. The SMILES string of the molecule is C=CCCC(O)c1snnc1CCC. The molecule has 1 unspecified atom stereocenters. The Kier molecular flexibility index (Phi) is 4.76. The molecule has 1 heterocycles. The van der Waals surface area contributed by atoms with Gasteiger partial charge in [-0.2, -0.15) is 0 Å². The summed E-state index contributed by atoms with van der Waals surface area (Å²) in [5, 5.41) is 13.8. The maximum Gasteiger partial charge on any atom is 0.0920 e. The van der Waals surface area contributed by atoms with Crippen LogP contribution in [0.2, 0.25) is 0 Å². The second kappa shape index (κ2) is 5.88. The summed E-state index contributed by atoms with van der Waals surface area (Å²) in [7, 11) is 0. The van der Waals surface area contributed by atoms with Gasteiger partial charge >= 0.3 is 0 Å². The third-order valence-corrected chi connectivity index (χ3v) is 2.89. The Hall–Kier alpha value is -0.740. The van der Waals surface area contributed by atoms with Gasteiger partial charge in [0.25, 0.3) is 0 Å². The Bertz CT molecular complexity index is 285. The Morgan fingerprint density at radius 1 is 1.64 bits per heavy atom. The van der Waals surface area contributed by atoms with Crippen LogP contribution in [-0.2, 0) is 6.42 Å². The second-order valence-corrected chi connectivity index (χ2v) is 4.00. The molecule has 0 aliphatic rings. The Morgan fingerprint density at radius 3 is 3.07 bits per heavy atom. The van der Waals surface area contributed by atoms with E-state index < -0.39 is 6.10 Å². The molecule has 0 aliphatic heterocycles. The zero-order chi connectivity index (χ0) is 10.4. The first kappa shape index (κ1) is 11.3. The normalized spacial score (nSPS) is 12.7. The number of hydrogen-bond donors (Lipinski definition) is 1. The van der Waals surface area contributed by atoms with Gasteiger partial charge in [-0.1, -0.05) is 23.9 Å². The fraction of sp³-hybridized carbons (Fsp3) is 0.600. The molecule has 0 saturated carbocycles. The standard InChI is InChI=1S/C10H16N2OS/c1-3-5-7-9(13)10-8(6-4-2)11-12-14-10/h3,9,13H,1,4-7H2,2H3. The van der Waals surface area contributed by atoms with Crippen molar-refractivity contribution in [2.45, 2.75) is 38.7 Å². The molecule has 1 aromatic rings. The Labute approximate surface area is 88.6 Å². The molecule has 3 nitrogen and oxygen atoms in total. The van der Waals surface area contributed by atoms with Gasteiger partial charge in [0.05, 0.1) is 16.7 Å². The van der Waals surface area contributed by atoms with E-state index in [1.165, 1.54) is 11.5 Å². The van der Waals surface area contributed by atoms with Gasteiger partial charge in [-0.15, -0.1) is 11.7 Å². The number of allylic oxidation sites excluding steroid dienone is 1. The first-order chi connectivity index (χ1) is 6.79. The number of nitrogens with zero attached hydrogens (tertiary/aromatic N) is 2. The summed E-state index contributed by atoms with van der Waals surface area (Å²) in [6.45, 7) is 5.73. The Morgan fingerprint density at radius 2 is 2.43 bits per heavy atom. The summed E-state index contributed by atoms with van der Waals surface area (Å²) in [6.07, 6.45) is 4.87. The minimum Gasteiger partial charge on any atom is -0.387 e. The van der Waals surface area contributed by atoms with Gasteiger partial charge in [-0.3, -0.25) is 0 Å². The van der Waals surface area contributed by atoms with E-state index in [0.29, 0.717) is 6.42 Å². The molecule has 1 aromatic heterocycles. The highest BCUT2D eigenvalue weighted by Gasteiger charge is 2.15. The number of aromatic nitrogens is 2. The largest absolute Gasteiger partial charge is 0.387 e. The smallest absolute Gasteiger partial charge is 0.0920 e. The number of aliphatic hydroxyl groups is 1. The average molecular weight is 212 g/mol. The predicted octanol–water partition coefficient (Wildman–Crippen LogP) is 2.49. The highest BCUT2D eigenvalue weighted by molar-refractivity contribution is 7.05. The van der Waals surface area contributed by atoms with Crippen LogP contribution in [0, 0.1) is 0 Å². The molecule has 1 atom stereocenters. The fourth-order valence-electron chi connectivity index (χ4n) is 1.29. The third kappa shape index (κ3) is 2.89. The van der Waals surface area contributed by atoms with Crippen LogP contribution in [0.25, 0.3) is 0 Å². The molecule has 0 aromatic carbocycles. The summed E-state index contributed by atoms with van der Waals surface area (Å²) in [5.41, 5.74) is 0.953. The van der Waals surface area contributed by atoms with Crippen LogP contribution >= 0.6 is 11.5 Å². The lowest BCUT2D eigenvalue weighted by atomic mass is 10.1. The average Bonchev–Trinajstić information content (AvgIpc) is 2.63. The summed E-state index contributed by atoms with van der Waals surface area (Å²) < 4.78 is 3.88. The molecule has 0 bridgehead atoms. The molecule has 4 heteroatoms. The third-order valence-electron chi connectivity index (χ3n) is 2.02. The molecular weight excluding hydrogens is 196 g/mol. The van der Waals surface area contributed by atoms with Crippen molar-refractivity contribution in [3.8, 4) is 0 Å². The van der Waals surface area contributed by atoms with Gasteiger partial charge in [-0.05, 0) is 30.8 Å². The van der Waals surface area contributed by atoms with Crippen molar-refractivity contribution in [2.75, 3.05) is 0 Å².